The van der Waals surface area contributed by atoms with Crippen molar-refractivity contribution in [2.24, 2.45) is 5.41 Å². The molecule has 1 aromatic carbocycles. The topological polar surface area (TPSA) is 66.4 Å². The maximum absolute atomic E-state index is 12.5. The van der Waals surface area contributed by atoms with E-state index >= 15 is 0 Å². The number of benzene rings is 1. The highest BCUT2D eigenvalue weighted by Crippen LogP contribution is 2.37. The van der Waals surface area contributed by atoms with Crippen LogP contribution in [0.2, 0.25) is 0 Å². The summed E-state index contributed by atoms with van der Waals surface area (Å²) in [4.78, 5) is 0.272. The number of sulfonamides is 1. The number of nitrogens with one attached hydrogen (secondary N) is 1. The molecule has 1 fully saturated rings. The van der Waals surface area contributed by atoms with E-state index in [2.05, 4.69) is 18.6 Å². The van der Waals surface area contributed by atoms with E-state index in [0.717, 1.165) is 19.3 Å². The van der Waals surface area contributed by atoms with Gasteiger partial charge in [0, 0.05) is 6.04 Å². The highest BCUT2D eigenvalue weighted by Gasteiger charge is 2.33. The average Bonchev–Trinajstić information content (AvgIpc) is 2.67. The fourth-order valence-corrected chi connectivity index (χ4v) is 4.50. The Bertz CT molecular complexity index is 593. The van der Waals surface area contributed by atoms with Crippen molar-refractivity contribution in [1.29, 1.82) is 0 Å². The van der Waals surface area contributed by atoms with E-state index in [1.54, 1.807) is 25.1 Å². The molecule has 0 amide bonds. The van der Waals surface area contributed by atoms with Gasteiger partial charge in [-0.1, -0.05) is 26.0 Å². The van der Waals surface area contributed by atoms with Crippen molar-refractivity contribution in [2.75, 3.05) is 0 Å². The van der Waals surface area contributed by atoms with Gasteiger partial charge in [-0.2, -0.15) is 0 Å². The second-order valence-electron chi connectivity index (χ2n) is 6.42. The molecule has 0 saturated heterocycles. The molecule has 2 rings (SSSR count). The lowest BCUT2D eigenvalue weighted by Crippen LogP contribution is -2.34. The standard InChI is InChI=1S/C15H23NO3S/c1-11-12(10-17)5-4-6-14(11)20(18,19)16-13-7-8-15(2,3)9-13/h4-6,13,16-17H,7-10H2,1-3H3. The number of aliphatic hydroxyl groups excluding tert-OH is 1. The SMILES string of the molecule is Cc1c(CO)cccc1S(=O)(=O)NC1CCC(C)(C)C1. The van der Waals surface area contributed by atoms with Gasteiger partial charge >= 0.3 is 0 Å². The highest BCUT2D eigenvalue weighted by molar-refractivity contribution is 7.89. The van der Waals surface area contributed by atoms with Gasteiger partial charge in [0.05, 0.1) is 11.5 Å². The van der Waals surface area contributed by atoms with Gasteiger partial charge in [-0.15, -0.1) is 0 Å². The number of hydrogen-bond acceptors (Lipinski definition) is 3. The zero-order valence-electron chi connectivity index (χ0n) is 12.3. The zero-order chi connectivity index (χ0) is 15.0. The Labute approximate surface area is 121 Å². The van der Waals surface area contributed by atoms with Crippen LogP contribution in [0.15, 0.2) is 23.1 Å². The Hall–Kier alpha value is -0.910. The minimum absolute atomic E-state index is 0.00665. The van der Waals surface area contributed by atoms with Gasteiger partial charge in [0.2, 0.25) is 10.0 Å². The van der Waals surface area contributed by atoms with Crippen LogP contribution in [0, 0.1) is 12.3 Å². The van der Waals surface area contributed by atoms with E-state index in [1.165, 1.54) is 0 Å². The van der Waals surface area contributed by atoms with Gasteiger partial charge in [0.1, 0.15) is 0 Å². The minimum atomic E-state index is -3.52. The Morgan fingerprint density at radius 1 is 1.40 bits per heavy atom. The summed E-state index contributed by atoms with van der Waals surface area (Å²) in [5, 5.41) is 9.25. The summed E-state index contributed by atoms with van der Waals surface area (Å²) in [6.45, 7) is 5.92. The van der Waals surface area contributed by atoms with Crippen LogP contribution in [-0.4, -0.2) is 19.6 Å². The van der Waals surface area contributed by atoms with Crippen LogP contribution < -0.4 is 4.72 Å². The molecule has 2 N–H and O–H groups in total. The molecule has 0 aliphatic heterocycles. The Balaban J connectivity index is 2.23. The van der Waals surface area contributed by atoms with E-state index in [9.17, 15) is 13.5 Å². The van der Waals surface area contributed by atoms with Crippen molar-refractivity contribution < 1.29 is 13.5 Å². The molecular formula is C15H23NO3S. The largest absolute Gasteiger partial charge is 0.392 e. The summed E-state index contributed by atoms with van der Waals surface area (Å²) >= 11 is 0. The van der Waals surface area contributed by atoms with Crippen molar-refractivity contribution in [3.8, 4) is 0 Å². The van der Waals surface area contributed by atoms with Gasteiger partial charge in [-0.3, -0.25) is 0 Å². The lowest BCUT2D eigenvalue weighted by Gasteiger charge is -2.19. The molecule has 0 aromatic heterocycles. The lowest BCUT2D eigenvalue weighted by atomic mass is 9.92. The number of aliphatic hydroxyl groups is 1. The maximum Gasteiger partial charge on any atom is 0.241 e. The molecule has 1 unspecified atom stereocenters. The van der Waals surface area contributed by atoms with Crippen molar-refractivity contribution in [1.82, 2.24) is 4.72 Å². The van der Waals surface area contributed by atoms with Crippen LogP contribution in [0.1, 0.15) is 44.2 Å². The molecule has 4 nitrogen and oxygen atoms in total. The van der Waals surface area contributed by atoms with E-state index in [0.29, 0.717) is 11.1 Å². The van der Waals surface area contributed by atoms with Crippen molar-refractivity contribution in [3.63, 3.8) is 0 Å². The van der Waals surface area contributed by atoms with Crippen LogP contribution in [0.4, 0.5) is 0 Å². The molecule has 1 aliphatic rings. The fraction of sp³-hybridized carbons (Fsp3) is 0.600. The van der Waals surface area contributed by atoms with Gasteiger partial charge in [0.25, 0.3) is 0 Å². The molecule has 0 heterocycles. The van der Waals surface area contributed by atoms with Crippen LogP contribution in [0.3, 0.4) is 0 Å². The normalized spacial score (nSPS) is 22.1. The van der Waals surface area contributed by atoms with Gasteiger partial charge < -0.3 is 5.11 Å². The molecule has 0 bridgehead atoms. The second kappa shape index (κ2) is 5.47. The maximum atomic E-state index is 12.5. The summed E-state index contributed by atoms with van der Waals surface area (Å²) in [7, 11) is -3.52. The van der Waals surface area contributed by atoms with Crippen molar-refractivity contribution in [2.45, 2.75) is 57.6 Å². The monoisotopic (exact) mass is 297 g/mol. The summed E-state index contributed by atoms with van der Waals surface area (Å²) in [6.07, 6.45) is 2.78. The van der Waals surface area contributed by atoms with E-state index < -0.39 is 10.0 Å². The Morgan fingerprint density at radius 2 is 2.10 bits per heavy atom. The molecular weight excluding hydrogens is 274 g/mol. The predicted molar refractivity (Wildman–Crippen MR) is 78.8 cm³/mol. The summed E-state index contributed by atoms with van der Waals surface area (Å²) in [5.74, 6) is 0. The van der Waals surface area contributed by atoms with Crippen LogP contribution in [0.5, 0.6) is 0 Å². The van der Waals surface area contributed by atoms with E-state index in [-0.39, 0.29) is 23.0 Å². The quantitative estimate of drug-likeness (QED) is 0.896. The summed E-state index contributed by atoms with van der Waals surface area (Å²) in [5.41, 5.74) is 1.48. The number of rotatable bonds is 4. The number of hydrogen-bond donors (Lipinski definition) is 2. The third kappa shape index (κ3) is 3.22. The van der Waals surface area contributed by atoms with E-state index in [1.807, 2.05) is 0 Å². The zero-order valence-corrected chi connectivity index (χ0v) is 13.1. The first-order chi connectivity index (χ1) is 9.25. The molecule has 20 heavy (non-hydrogen) atoms. The van der Waals surface area contributed by atoms with Crippen LogP contribution >= 0.6 is 0 Å². The van der Waals surface area contributed by atoms with E-state index in [4.69, 9.17) is 0 Å². The Kier molecular flexibility index (Phi) is 4.23. The second-order valence-corrected chi connectivity index (χ2v) is 8.11. The van der Waals surface area contributed by atoms with Gasteiger partial charge in [-0.05, 0) is 48.8 Å². The van der Waals surface area contributed by atoms with Crippen LogP contribution in [-0.2, 0) is 16.6 Å². The Morgan fingerprint density at radius 3 is 2.65 bits per heavy atom. The lowest BCUT2D eigenvalue weighted by molar-refractivity contribution is 0.280. The third-order valence-electron chi connectivity index (χ3n) is 4.15. The average molecular weight is 297 g/mol. The fourth-order valence-electron chi connectivity index (χ4n) is 2.94. The molecule has 1 aromatic rings. The molecule has 5 heteroatoms. The van der Waals surface area contributed by atoms with Gasteiger partial charge in [-0.25, -0.2) is 13.1 Å². The van der Waals surface area contributed by atoms with Crippen molar-refractivity contribution >= 4 is 10.0 Å². The minimum Gasteiger partial charge on any atom is -0.392 e. The smallest absolute Gasteiger partial charge is 0.241 e. The molecule has 0 spiro atoms. The predicted octanol–water partition coefficient (Wildman–Crippen LogP) is 2.34. The third-order valence-corrected chi connectivity index (χ3v) is 5.81. The molecule has 112 valence electrons. The molecule has 0 radical (unpaired) electrons. The molecule has 1 saturated carbocycles. The summed E-state index contributed by atoms with van der Waals surface area (Å²) < 4.78 is 27.8. The van der Waals surface area contributed by atoms with Crippen LogP contribution in [0.25, 0.3) is 0 Å². The molecule has 1 atom stereocenters. The molecule has 1 aliphatic carbocycles. The highest BCUT2D eigenvalue weighted by atomic mass is 32.2. The first kappa shape index (κ1) is 15.5. The first-order valence-electron chi connectivity index (χ1n) is 6.97. The first-order valence-corrected chi connectivity index (χ1v) is 8.45. The summed E-state index contributed by atoms with van der Waals surface area (Å²) in [6, 6.07) is 5.02. The van der Waals surface area contributed by atoms with Crippen molar-refractivity contribution in [3.05, 3.63) is 29.3 Å². The van der Waals surface area contributed by atoms with Gasteiger partial charge in [0.15, 0.2) is 0 Å².